The van der Waals surface area contributed by atoms with Crippen LogP contribution in [0, 0.1) is 0 Å². The third kappa shape index (κ3) is 1.36. The molecule has 0 aliphatic carbocycles. The standard InChI is InChI=1S/C14H12Si/c15-14-7-3-6-12-8-10-4-1-2-5-11(10)9-13(12)14/h1-9H,15H3. The van der Waals surface area contributed by atoms with Crippen LogP contribution in [0.15, 0.2) is 54.6 Å². The molecule has 0 radical (unpaired) electrons. The van der Waals surface area contributed by atoms with Crippen molar-refractivity contribution in [3.8, 4) is 0 Å². The summed E-state index contributed by atoms with van der Waals surface area (Å²) < 4.78 is 0. The molecule has 0 amide bonds. The summed E-state index contributed by atoms with van der Waals surface area (Å²) in [6.45, 7) is 0. The maximum Gasteiger partial charge on any atom is 0.0393 e. The molecule has 0 spiro atoms. The Hall–Kier alpha value is -1.60. The molecule has 72 valence electrons. The van der Waals surface area contributed by atoms with E-state index in [-0.39, 0.29) is 0 Å². The fourth-order valence-electron chi connectivity index (χ4n) is 2.12. The smallest absolute Gasteiger partial charge is 0.0393 e. The molecule has 3 aromatic rings. The van der Waals surface area contributed by atoms with E-state index in [1.54, 1.807) is 0 Å². The van der Waals surface area contributed by atoms with Crippen molar-refractivity contribution in [2.75, 3.05) is 0 Å². The summed E-state index contributed by atoms with van der Waals surface area (Å²) in [7, 11) is 1.11. The molecule has 0 saturated heterocycles. The lowest BCUT2D eigenvalue weighted by atomic mass is 10.0. The molecule has 0 aliphatic heterocycles. The van der Waals surface area contributed by atoms with Crippen molar-refractivity contribution < 1.29 is 0 Å². The van der Waals surface area contributed by atoms with Gasteiger partial charge in [-0.3, -0.25) is 0 Å². The summed E-state index contributed by atoms with van der Waals surface area (Å²) in [6.07, 6.45) is 0. The Balaban J connectivity index is 2.53. The lowest BCUT2D eigenvalue weighted by Crippen LogP contribution is -2.02. The van der Waals surface area contributed by atoms with E-state index in [1.807, 2.05) is 0 Å². The molecule has 15 heavy (non-hydrogen) atoms. The summed E-state index contributed by atoms with van der Waals surface area (Å²) in [5.74, 6) is 0. The van der Waals surface area contributed by atoms with E-state index in [4.69, 9.17) is 0 Å². The second-order valence-electron chi connectivity index (χ2n) is 4.00. The van der Waals surface area contributed by atoms with Gasteiger partial charge < -0.3 is 0 Å². The quantitative estimate of drug-likeness (QED) is 0.391. The van der Waals surface area contributed by atoms with Crippen LogP contribution in [-0.4, -0.2) is 10.2 Å². The number of hydrogen-bond acceptors (Lipinski definition) is 0. The first-order chi connectivity index (χ1) is 7.34. The van der Waals surface area contributed by atoms with Crippen molar-refractivity contribution in [1.29, 1.82) is 0 Å². The number of hydrogen-bond donors (Lipinski definition) is 0. The van der Waals surface area contributed by atoms with Gasteiger partial charge in [0.1, 0.15) is 0 Å². The molecule has 0 heterocycles. The number of benzene rings is 3. The highest BCUT2D eigenvalue weighted by atomic mass is 28.1. The van der Waals surface area contributed by atoms with Gasteiger partial charge in [0.25, 0.3) is 0 Å². The third-order valence-corrected chi connectivity index (χ3v) is 3.84. The Morgan fingerprint density at radius 1 is 0.667 bits per heavy atom. The van der Waals surface area contributed by atoms with Crippen LogP contribution in [0.5, 0.6) is 0 Å². The summed E-state index contributed by atoms with van der Waals surface area (Å²) in [4.78, 5) is 0. The van der Waals surface area contributed by atoms with E-state index >= 15 is 0 Å². The molecule has 3 aromatic carbocycles. The van der Waals surface area contributed by atoms with Crippen molar-refractivity contribution >= 4 is 37.0 Å². The number of rotatable bonds is 0. The maximum absolute atomic E-state index is 2.31. The summed E-state index contributed by atoms with van der Waals surface area (Å²) in [5, 5.41) is 6.94. The highest BCUT2D eigenvalue weighted by Gasteiger charge is 1.98. The van der Waals surface area contributed by atoms with Crippen LogP contribution in [0.25, 0.3) is 21.5 Å². The molecule has 0 aromatic heterocycles. The van der Waals surface area contributed by atoms with Crippen molar-refractivity contribution in [1.82, 2.24) is 0 Å². The van der Waals surface area contributed by atoms with Gasteiger partial charge in [-0.15, -0.1) is 0 Å². The maximum atomic E-state index is 2.31. The molecule has 0 N–H and O–H groups in total. The van der Waals surface area contributed by atoms with E-state index in [0.717, 1.165) is 10.2 Å². The Bertz CT molecular complexity index is 641. The van der Waals surface area contributed by atoms with Gasteiger partial charge in [-0.05, 0) is 33.7 Å². The van der Waals surface area contributed by atoms with Crippen molar-refractivity contribution in [2.45, 2.75) is 0 Å². The highest BCUT2D eigenvalue weighted by Crippen LogP contribution is 2.20. The lowest BCUT2D eigenvalue weighted by Gasteiger charge is -2.04. The first kappa shape index (κ1) is 8.68. The topological polar surface area (TPSA) is 0 Å². The van der Waals surface area contributed by atoms with Crippen LogP contribution >= 0.6 is 0 Å². The second-order valence-corrected chi connectivity index (χ2v) is 5.07. The van der Waals surface area contributed by atoms with Gasteiger partial charge in [0.15, 0.2) is 0 Å². The fraction of sp³-hybridized carbons (Fsp3) is 0. The SMILES string of the molecule is [SiH3]c1cccc2cc3ccccc3cc12. The highest BCUT2D eigenvalue weighted by molar-refractivity contribution is 6.39. The molecule has 0 atom stereocenters. The van der Waals surface area contributed by atoms with Crippen LogP contribution in [0.1, 0.15) is 0 Å². The lowest BCUT2D eigenvalue weighted by molar-refractivity contribution is 1.79. The van der Waals surface area contributed by atoms with Crippen molar-refractivity contribution in [2.24, 2.45) is 0 Å². The minimum absolute atomic E-state index is 1.11. The van der Waals surface area contributed by atoms with E-state index in [1.165, 1.54) is 26.7 Å². The molecule has 0 fully saturated rings. The third-order valence-electron chi connectivity index (χ3n) is 2.96. The van der Waals surface area contributed by atoms with Gasteiger partial charge in [-0.1, -0.05) is 47.7 Å². The average molecular weight is 208 g/mol. The molecule has 1 heteroatoms. The molecule has 0 unspecified atom stereocenters. The first-order valence-electron chi connectivity index (χ1n) is 5.23. The van der Waals surface area contributed by atoms with Gasteiger partial charge in [0.2, 0.25) is 0 Å². The predicted octanol–water partition coefficient (Wildman–Crippen LogP) is 1.98. The summed E-state index contributed by atoms with van der Waals surface area (Å²) in [6, 6.07) is 19.7. The molecule has 0 saturated carbocycles. The van der Waals surface area contributed by atoms with Crippen LogP contribution in [-0.2, 0) is 0 Å². The van der Waals surface area contributed by atoms with Crippen molar-refractivity contribution in [3.63, 3.8) is 0 Å². The Kier molecular flexibility index (Phi) is 1.86. The average Bonchev–Trinajstić information content (AvgIpc) is 2.27. The normalized spacial score (nSPS) is 11.2. The van der Waals surface area contributed by atoms with Gasteiger partial charge >= 0.3 is 0 Å². The van der Waals surface area contributed by atoms with Gasteiger partial charge in [0, 0.05) is 10.2 Å². The largest absolute Gasteiger partial charge is 0.0634 e. The van der Waals surface area contributed by atoms with Crippen molar-refractivity contribution in [3.05, 3.63) is 54.6 Å². The predicted molar refractivity (Wildman–Crippen MR) is 71.0 cm³/mol. The Morgan fingerprint density at radius 3 is 2.13 bits per heavy atom. The summed E-state index contributed by atoms with van der Waals surface area (Å²) >= 11 is 0. The van der Waals surface area contributed by atoms with E-state index in [9.17, 15) is 0 Å². The van der Waals surface area contributed by atoms with Crippen LogP contribution in [0.3, 0.4) is 0 Å². The monoisotopic (exact) mass is 208 g/mol. The van der Waals surface area contributed by atoms with Gasteiger partial charge in [0.05, 0.1) is 0 Å². The molecular weight excluding hydrogens is 196 g/mol. The second kappa shape index (κ2) is 3.21. The minimum atomic E-state index is 1.11. The minimum Gasteiger partial charge on any atom is -0.0634 e. The molecule has 0 nitrogen and oxygen atoms in total. The zero-order valence-electron chi connectivity index (χ0n) is 8.70. The van der Waals surface area contributed by atoms with E-state index < -0.39 is 0 Å². The van der Waals surface area contributed by atoms with E-state index in [0.29, 0.717) is 0 Å². The molecule has 3 rings (SSSR count). The van der Waals surface area contributed by atoms with Gasteiger partial charge in [-0.25, -0.2) is 0 Å². The molecule has 0 aliphatic rings. The van der Waals surface area contributed by atoms with Crippen LogP contribution in [0.2, 0.25) is 0 Å². The molecular formula is C14H12Si. The summed E-state index contributed by atoms with van der Waals surface area (Å²) in [5.41, 5.74) is 0. The number of fused-ring (bicyclic) bond motifs is 2. The van der Waals surface area contributed by atoms with E-state index in [2.05, 4.69) is 54.6 Å². The van der Waals surface area contributed by atoms with Crippen LogP contribution in [0.4, 0.5) is 0 Å². The Morgan fingerprint density at radius 2 is 1.33 bits per heavy atom. The van der Waals surface area contributed by atoms with Crippen LogP contribution < -0.4 is 5.19 Å². The first-order valence-corrected chi connectivity index (χ1v) is 6.23. The Labute approximate surface area is 92.0 Å². The zero-order chi connectivity index (χ0) is 10.3. The fourth-order valence-corrected chi connectivity index (χ4v) is 2.75. The molecule has 0 bridgehead atoms. The van der Waals surface area contributed by atoms with Gasteiger partial charge in [-0.2, -0.15) is 0 Å². The zero-order valence-corrected chi connectivity index (χ0v) is 10.7.